The molecule has 0 heterocycles. The van der Waals surface area contributed by atoms with E-state index < -0.39 is 29.7 Å². The van der Waals surface area contributed by atoms with Crippen molar-refractivity contribution in [3.05, 3.63) is 123 Å². The van der Waals surface area contributed by atoms with Crippen LogP contribution in [0.5, 0.6) is 17.2 Å². The van der Waals surface area contributed by atoms with Gasteiger partial charge in [0.15, 0.2) is 18.9 Å². The fourth-order valence-electron chi connectivity index (χ4n) is 5.18. The standard InChI is InChI=1S/C32H34O9/c1-31(2,19-8-11-25(33)22(14-19)28(36)37)17-4-6-18(7-5-17)32(3,20-9-12-26(34)23(15-20)29(38)39)21-10-13-27(35)24(16-21)30(40)41/h4-16,28-30,33-41H,1-3H3. The van der Waals surface area contributed by atoms with E-state index in [4.69, 9.17) is 0 Å². The van der Waals surface area contributed by atoms with Crippen molar-refractivity contribution < 1.29 is 46.0 Å². The summed E-state index contributed by atoms with van der Waals surface area (Å²) in [6.07, 6.45) is -5.72. The molecule has 4 aromatic rings. The molecule has 9 N–H and O–H groups in total. The van der Waals surface area contributed by atoms with Crippen LogP contribution in [-0.4, -0.2) is 46.0 Å². The Balaban J connectivity index is 1.88. The average Bonchev–Trinajstić information content (AvgIpc) is 2.92. The zero-order valence-corrected chi connectivity index (χ0v) is 22.8. The van der Waals surface area contributed by atoms with E-state index >= 15 is 0 Å². The number of rotatable bonds is 8. The quantitative estimate of drug-likeness (QED) is 0.115. The van der Waals surface area contributed by atoms with Crippen LogP contribution in [0, 0.1) is 0 Å². The second-order valence-electron chi connectivity index (χ2n) is 10.8. The topological polar surface area (TPSA) is 182 Å². The van der Waals surface area contributed by atoms with Gasteiger partial charge in [-0.3, -0.25) is 0 Å². The Morgan fingerprint density at radius 1 is 0.415 bits per heavy atom. The van der Waals surface area contributed by atoms with Crippen LogP contribution < -0.4 is 0 Å². The minimum absolute atomic E-state index is 0.0109. The van der Waals surface area contributed by atoms with Gasteiger partial charge >= 0.3 is 0 Å². The molecule has 0 fully saturated rings. The van der Waals surface area contributed by atoms with Crippen LogP contribution in [0.4, 0.5) is 0 Å². The van der Waals surface area contributed by atoms with Gasteiger partial charge < -0.3 is 46.0 Å². The molecule has 0 radical (unpaired) electrons. The van der Waals surface area contributed by atoms with E-state index in [0.717, 1.165) is 16.7 Å². The third-order valence-corrected chi connectivity index (χ3v) is 7.98. The predicted octanol–water partition coefficient (Wildman–Crippen LogP) is 3.43. The summed E-state index contributed by atoms with van der Waals surface area (Å²) in [5, 5.41) is 89.1. The fraction of sp³-hybridized carbons (Fsp3) is 0.250. The lowest BCUT2D eigenvalue weighted by molar-refractivity contribution is -0.0446. The molecule has 0 atom stereocenters. The number of aliphatic hydroxyl groups excluding tert-OH is 3. The zero-order valence-electron chi connectivity index (χ0n) is 22.8. The van der Waals surface area contributed by atoms with E-state index in [1.54, 1.807) is 18.2 Å². The van der Waals surface area contributed by atoms with Crippen LogP contribution in [0.3, 0.4) is 0 Å². The number of phenols is 3. The molecular weight excluding hydrogens is 528 g/mol. The summed E-state index contributed by atoms with van der Waals surface area (Å²) in [5.41, 5.74) is 1.53. The summed E-state index contributed by atoms with van der Waals surface area (Å²) >= 11 is 0. The Hall–Kier alpha value is -3.96. The van der Waals surface area contributed by atoms with E-state index in [0.29, 0.717) is 11.1 Å². The molecule has 0 aromatic heterocycles. The Labute approximate surface area is 237 Å². The first-order valence-corrected chi connectivity index (χ1v) is 12.9. The highest BCUT2D eigenvalue weighted by molar-refractivity contribution is 5.55. The van der Waals surface area contributed by atoms with E-state index in [-0.39, 0.29) is 33.9 Å². The monoisotopic (exact) mass is 562 g/mol. The summed E-state index contributed by atoms with van der Waals surface area (Å²) in [4.78, 5) is 0. The predicted molar refractivity (Wildman–Crippen MR) is 150 cm³/mol. The second-order valence-corrected chi connectivity index (χ2v) is 10.8. The van der Waals surface area contributed by atoms with Gasteiger partial charge in [0.2, 0.25) is 0 Å². The van der Waals surface area contributed by atoms with Crippen molar-refractivity contribution in [1.29, 1.82) is 0 Å². The van der Waals surface area contributed by atoms with E-state index in [9.17, 15) is 46.0 Å². The molecule has 0 saturated heterocycles. The van der Waals surface area contributed by atoms with Gasteiger partial charge in [0, 0.05) is 27.5 Å². The summed E-state index contributed by atoms with van der Waals surface area (Å²) in [5.74, 6) is -0.837. The molecule has 4 rings (SSSR count). The molecule has 0 bridgehead atoms. The van der Waals surface area contributed by atoms with E-state index in [1.165, 1.54) is 36.4 Å². The lowest BCUT2D eigenvalue weighted by Crippen LogP contribution is -2.27. The van der Waals surface area contributed by atoms with Crippen molar-refractivity contribution in [2.75, 3.05) is 0 Å². The first kappa shape index (κ1) is 30.0. The molecule has 0 saturated carbocycles. The van der Waals surface area contributed by atoms with E-state index in [1.807, 2.05) is 45.0 Å². The van der Waals surface area contributed by atoms with Gasteiger partial charge in [-0.25, -0.2) is 0 Å². The molecule has 0 aliphatic rings. The Morgan fingerprint density at radius 3 is 1.07 bits per heavy atom. The second kappa shape index (κ2) is 11.1. The van der Waals surface area contributed by atoms with Crippen molar-refractivity contribution >= 4 is 0 Å². The lowest BCUT2D eigenvalue weighted by Gasteiger charge is -2.34. The fourth-order valence-corrected chi connectivity index (χ4v) is 5.18. The smallest absolute Gasteiger partial charge is 0.182 e. The van der Waals surface area contributed by atoms with Crippen molar-refractivity contribution in [2.45, 2.75) is 50.5 Å². The number of phenolic OH excluding ortho intramolecular Hbond substituents is 3. The minimum atomic E-state index is -1.94. The molecule has 0 amide bonds. The summed E-state index contributed by atoms with van der Waals surface area (Å²) in [6, 6.07) is 21.0. The number of aromatic hydroxyl groups is 3. The summed E-state index contributed by atoms with van der Waals surface area (Å²) in [6.45, 7) is 5.75. The van der Waals surface area contributed by atoms with Gasteiger partial charge in [-0.15, -0.1) is 0 Å². The summed E-state index contributed by atoms with van der Waals surface area (Å²) in [7, 11) is 0. The maximum Gasteiger partial charge on any atom is 0.182 e. The first-order valence-electron chi connectivity index (χ1n) is 12.9. The van der Waals surface area contributed by atoms with E-state index in [2.05, 4.69) is 0 Å². The highest BCUT2D eigenvalue weighted by Gasteiger charge is 2.34. The highest BCUT2D eigenvalue weighted by atomic mass is 16.5. The van der Waals surface area contributed by atoms with Gasteiger partial charge in [-0.2, -0.15) is 0 Å². The number of hydrogen-bond acceptors (Lipinski definition) is 9. The van der Waals surface area contributed by atoms with Gasteiger partial charge in [-0.1, -0.05) is 56.3 Å². The Morgan fingerprint density at radius 2 is 0.707 bits per heavy atom. The van der Waals surface area contributed by atoms with Crippen LogP contribution in [-0.2, 0) is 10.8 Å². The number of hydrogen-bond donors (Lipinski definition) is 9. The van der Waals surface area contributed by atoms with Crippen molar-refractivity contribution in [3.63, 3.8) is 0 Å². The van der Waals surface area contributed by atoms with Crippen LogP contribution in [0.15, 0.2) is 78.9 Å². The first-order chi connectivity index (χ1) is 19.2. The average molecular weight is 563 g/mol. The lowest BCUT2D eigenvalue weighted by atomic mass is 9.69. The number of benzene rings is 4. The molecule has 0 spiro atoms. The van der Waals surface area contributed by atoms with Gasteiger partial charge in [0.05, 0.1) is 0 Å². The van der Waals surface area contributed by atoms with Crippen LogP contribution in [0.2, 0.25) is 0 Å². The molecule has 4 aromatic carbocycles. The van der Waals surface area contributed by atoms with Gasteiger partial charge in [-0.05, 0) is 71.1 Å². The Kier molecular flexibility index (Phi) is 8.15. The van der Waals surface area contributed by atoms with Crippen LogP contribution >= 0.6 is 0 Å². The molecular formula is C32H34O9. The van der Waals surface area contributed by atoms with Crippen molar-refractivity contribution in [3.8, 4) is 17.2 Å². The number of aliphatic hydroxyl groups is 6. The maximum absolute atomic E-state index is 10.2. The van der Waals surface area contributed by atoms with Gasteiger partial charge in [0.1, 0.15) is 17.2 Å². The molecule has 216 valence electrons. The zero-order chi connectivity index (χ0) is 30.3. The summed E-state index contributed by atoms with van der Waals surface area (Å²) < 4.78 is 0. The molecule has 0 unspecified atom stereocenters. The van der Waals surface area contributed by atoms with Crippen LogP contribution in [0.1, 0.15) is 84.1 Å². The molecule has 0 aliphatic carbocycles. The van der Waals surface area contributed by atoms with Crippen LogP contribution in [0.25, 0.3) is 0 Å². The third-order valence-electron chi connectivity index (χ3n) is 7.98. The van der Waals surface area contributed by atoms with Crippen molar-refractivity contribution in [1.82, 2.24) is 0 Å². The third kappa shape index (κ3) is 5.51. The minimum Gasteiger partial charge on any atom is -0.507 e. The Bertz CT molecular complexity index is 1480. The molecule has 0 aliphatic heterocycles. The van der Waals surface area contributed by atoms with Crippen molar-refractivity contribution in [2.24, 2.45) is 0 Å². The molecule has 41 heavy (non-hydrogen) atoms. The highest BCUT2D eigenvalue weighted by Crippen LogP contribution is 2.44. The maximum atomic E-state index is 10.2. The molecule has 9 heteroatoms. The molecule has 9 nitrogen and oxygen atoms in total. The largest absolute Gasteiger partial charge is 0.507 e. The SMILES string of the molecule is CC(C)(c1ccc(C(C)(c2ccc(O)c(C(O)O)c2)c2ccc(O)c(C(O)O)c2)cc1)c1ccc(O)c(C(O)O)c1. The van der Waals surface area contributed by atoms with Gasteiger partial charge in [0.25, 0.3) is 0 Å². The normalized spacial score (nSPS) is 12.5.